The SMILES string of the molecule is Cc1cc(C)c(NC(=O)C[P+](C)(C)C)c(C)c1. The first-order chi connectivity index (χ1) is 7.69. The van der Waals surface area contributed by atoms with E-state index in [0.717, 1.165) is 16.8 Å². The fourth-order valence-corrected chi connectivity index (χ4v) is 2.93. The van der Waals surface area contributed by atoms with E-state index in [0.29, 0.717) is 6.16 Å². The maximum Gasteiger partial charge on any atom is 0.261 e. The Morgan fingerprint density at radius 2 is 1.59 bits per heavy atom. The van der Waals surface area contributed by atoms with Gasteiger partial charge in [-0.15, -0.1) is 0 Å². The lowest BCUT2D eigenvalue weighted by molar-refractivity contribution is -0.113. The van der Waals surface area contributed by atoms with Gasteiger partial charge in [-0.1, -0.05) is 17.7 Å². The van der Waals surface area contributed by atoms with Gasteiger partial charge in [-0.3, -0.25) is 4.79 Å². The Hall–Kier alpha value is -0.880. The first-order valence-electron chi connectivity index (χ1n) is 5.87. The van der Waals surface area contributed by atoms with E-state index in [4.69, 9.17) is 0 Å². The molecule has 0 aliphatic rings. The van der Waals surface area contributed by atoms with Gasteiger partial charge in [0.2, 0.25) is 0 Å². The minimum absolute atomic E-state index is 0.140. The summed E-state index contributed by atoms with van der Waals surface area (Å²) in [6, 6.07) is 4.21. The predicted molar refractivity (Wildman–Crippen MR) is 78.8 cm³/mol. The van der Waals surface area contributed by atoms with E-state index in [-0.39, 0.29) is 5.91 Å². The third-order valence-electron chi connectivity index (χ3n) is 2.56. The smallest absolute Gasteiger partial charge is 0.261 e. The van der Waals surface area contributed by atoms with Crippen molar-refractivity contribution in [2.75, 3.05) is 31.5 Å². The summed E-state index contributed by atoms with van der Waals surface area (Å²) in [5.41, 5.74) is 4.50. The van der Waals surface area contributed by atoms with Gasteiger partial charge in [0.1, 0.15) is 6.16 Å². The third kappa shape index (κ3) is 4.47. The zero-order valence-electron chi connectivity index (χ0n) is 11.7. The molecule has 1 N–H and O–H groups in total. The summed E-state index contributed by atoms with van der Waals surface area (Å²) in [6.45, 7) is 12.7. The molecule has 0 saturated heterocycles. The largest absolute Gasteiger partial charge is 0.322 e. The molecule has 0 radical (unpaired) electrons. The second-order valence-electron chi connectivity index (χ2n) is 5.77. The molecular weight excluding hydrogens is 229 g/mol. The van der Waals surface area contributed by atoms with Gasteiger partial charge in [0.05, 0.1) is 0 Å². The monoisotopic (exact) mass is 252 g/mol. The molecular formula is C14H23NOP+. The van der Waals surface area contributed by atoms with E-state index in [2.05, 4.69) is 44.4 Å². The Bertz CT molecular complexity index is 409. The van der Waals surface area contributed by atoms with Gasteiger partial charge in [0.25, 0.3) is 5.91 Å². The van der Waals surface area contributed by atoms with Crippen molar-refractivity contribution in [3.05, 3.63) is 28.8 Å². The van der Waals surface area contributed by atoms with Crippen molar-refractivity contribution in [2.24, 2.45) is 0 Å². The second kappa shape index (κ2) is 5.18. The molecule has 0 bridgehead atoms. The summed E-state index contributed by atoms with van der Waals surface area (Å²) in [6.07, 6.45) is 0.653. The average Bonchev–Trinajstić information content (AvgIpc) is 2.08. The molecule has 3 heteroatoms. The number of rotatable bonds is 3. The maximum absolute atomic E-state index is 11.9. The van der Waals surface area contributed by atoms with Gasteiger partial charge in [-0.2, -0.15) is 0 Å². The first kappa shape index (κ1) is 14.2. The third-order valence-corrected chi connectivity index (χ3v) is 3.80. The quantitative estimate of drug-likeness (QED) is 0.820. The lowest BCUT2D eigenvalue weighted by Crippen LogP contribution is -2.19. The van der Waals surface area contributed by atoms with Gasteiger partial charge in [-0.05, 0) is 31.9 Å². The van der Waals surface area contributed by atoms with Gasteiger partial charge >= 0.3 is 0 Å². The molecule has 0 saturated carbocycles. The first-order valence-corrected chi connectivity index (χ1v) is 9.19. The lowest BCUT2D eigenvalue weighted by atomic mass is 10.1. The summed E-state index contributed by atoms with van der Waals surface area (Å²) < 4.78 is 0. The average molecular weight is 252 g/mol. The summed E-state index contributed by atoms with van der Waals surface area (Å²) in [7, 11) is -1.06. The van der Waals surface area contributed by atoms with E-state index in [1.165, 1.54) is 5.56 Å². The van der Waals surface area contributed by atoms with Crippen LogP contribution in [0.4, 0.5) is 5.69 Å². The number of carbonyl (C=O) groups excluding carboxylic acids is 1. The Balaban J connectivity index is 2.86. The van der Waals surface area contributed by atoms with E-state index in [1.54, 1.807) is 0 Å². The highest BCUT2D eigenvalue weighted by Crippen LogP contribution is 2.46. The fourth-order valence-electron chi connectivity index (χ4n) is 1.99. The Kier molecular flexibility index (Phi) is 4.32. The van der Waals surface area contributed by atoms with Crippen LogP contribution in [0.2, 0.25) is 0 Å². The summed E-state index contributed by atoms with van der Waals surface area (Å²) in [5, 5.41) is 3.05. The highest BCUT2D eigenvalue weighted by molar-refractivity contribution is 7.74. The number of nitrogens with one attached hydrogen (secondary N) is 1. The highest BCUT2D eigenvalue weighted by atomic mass is 31.2. The van der Waals surface area contributed by atoms with Gasteiger partial charge in [0.15, 0.2) is 0 Å². The van der Waals surface area contributed by atoms with Crippen LogP contribution in [0.5, 0.6) is 0 Å². The molecule has 0 fully saturated rings. The summed E-state index contributed by atoms with van der Waals surface area (Å²) >= 11 is 0. The molecule has 0 aromatic heterocycles. The van der Waals surface area contributed by atoms with Crippen molar-refractivity contribution in [3.8, 4) is 0 Å². The van der Waals surface area contributed by atoms with Gasteiger partial charge in [-0.25, -0.2) is 0 Å². The topological polar surface area (TPSA) is 29.1 Å². The van der Waals surface area contributed by atoms with Crippen LogP contribution in [0.3, 0.4) is 0 Å². The molecule has 17 heavy (non-hydrogen) atoms. The van der Waals surface area contributed by atoms with Crippen LogP contribution in [-0.4, -0.2) is 32.1 Å². The Morgan fingerprint density at radius 1 is 1.12 bits per heavy atom. The van der Waals surface area contributed by atoms with Crippen molar-refractivity contribution in [3.63, 3.8) is 0 Å². The van der Waals surface area contributed by atoms with Crippen LogP contribution in [0.25, 0.3) is 0 Å². The number of carbonyl (C=O) groups is 1. The van der Waals surface area contributed by atoms with Crippen molar-refractivity contribution < 1.29 is 4.79 Å². The van der Waals surface area contributed by atoms with Crippen LogP contribution in [0.1, 0.15) is 16.7 Å². The summed E-state index contributed by atoms with van der Waals surface area (Å²) in [4.78, 5) is 11.9. The Labute approximate surface area is 105 Å². The zero-order chi connectivity index (χ0) is 13.2. The Morgan fingerprint density at radius 3 is 2.00 bits per heavy atom. The highest BCUT2D eigenvalue weighted by Gasteiger charge is 2.22. The number of hydrogen-bond acceptors (Lipinski definition) is 1. The summed E-state index contributed by atoms with van der Waals surface area (Å²) in [5.74, 6) is 0.140. The minimum atomic E-state index is -1.06. The molecule has 94 valence electrons. The van der Waals surface area contributed by atoms with Crippen molar-refractivity contribution in [2.45, 2.75) is 20.8 Å². The molecule has 0 aliphatic heterocycles. The molecule has 1 rings (SSSR count). The van der Waals surface area contributed by atoms with Gasteiger partial charge < -0.3 is 5.32 Å². The van der Waals surface area contributed by atoms with Crippen LogP contribution in [-0.2, 0) is 4.79 Å². The maximum atomic E-state index is 11.9. The normalized spacial score (nSPS) is 11.4. The van der Waals surface area contributed by atoms with E-state index >= 15 is 0 Å². The minimum Gasteiger partial charge on any atom is -0.322 e. The van der Waals surface area contributed by atoms with Crippen LogP contribution < -0.4 is 5.32 Å². The number of benzene rings is 1. The molecule has 0 unspecified atom stereocenters. The second-order valence-corrected chi connectivity index (χ2v) is 10.7. The van der Waals surface area contributed by atoms with Crippen molar-refractivity contribution in [1.29, 1.82) is 0 Å². The van der Waals surface area contributed by atoms with Crippen molar-refractivity contribution >= 4 is 18.9 Å². The van der Waals surface area contributed by atoms with Crippen LogP contribution in [0, 0.1) is 20.8 Å². The molecule has 0 heterocycles. The van der Waals surface area contributed by atoms with E-state index < -0.39 is 7.26 Å². The fraction of sp³-hybridized carbons (Fsp3) is 0.500. The predicted octanol–water partition coefficient (Wildman–Crippen LogP) is 3.46. The molecule has 0 spiro atoms. The van der Waals surface area contributed by atoms with Crippen LogP contribution in [0.15, 0.2) is 12.1 Å². The molecule has 0 aliphatic carbocycles. The molecule has 1 aromatic carbocycles. The number of anilines is 1. The number of hydrogen-bond donors (Lipinski definition) is 1. The molecule has 1 amide bonds. The van der Waals surface area contributed by atoms with Crippen molar-refractivity contribution in [1.82, 2.24) is 0 Å². The lowest BCUT2D eigenvalue weighted by Gasteiger charge is -2.15. The number of aryl methyl sites for hydroxylation is 3. The molecule has 1 aromatic rings. The van der Waals surface area contributed by atoms with E-state index in [9.17, 15) is 4.79 Å². The van der Waals surface area contributed by atoms with E-state index in [1.807, 2.05) is 13.8 Å². The van der Waals surface area contributed by atoms with Crippen LogP contribution >= 0.6 is 7.26 Å². The van der Waals surface area contributed by atoms with Gasteiger partial charge in [0, 0.05) is 32.9 Å². The molecule has 0 atom stereocenters. The number of amides is 1. The molecule has 2 nitrogen and oxygen atoms in total. The standard InChI is InChI=1S/C14H22NOP/c1-10-7-11(2)14(12(3)8-10)15-13(16)9-17(4,5)6/h7-8H,9H2,1-6H3/p+1. The zero-order valence-corrected chi connectivity index (χ0v) is 12.6.